The molecule has 0 saturated carbocycles. The maximum Gasteiger partial charge on any atom is 0.151 e. The number of amidine groups is 1. The van der Waals surface area contributed by atoms with Crippen molar-refractivity contribution in [3.63, 3.8) is 0 Å². The summed E-state index contributed by atoms with van der Waals surface area (Å²) in [5, 5.41) is 24.6. The van der Waals surface area contributed by atoms with E-state index < -0.39 is 12.1 Å². The zero-order chi connectivity index (χ0) is 47.7. The molecule has 2 aliphatic heterocycles. The molecule has 2 N–H and O–H groups in total. The molecular weight excluding hydrogens is 883 g/mol. The van der Waals surface area contributed by atoms with Crippen molar-refractivity contribution in [2.45, 2.75) is 75.8 Å². The summed E-state index contributed by atoms with van der Waals surface area (Å²) in [4.78, 5) is 8.19. The summed E-state index contributed by atoms with van der Waals surface area (Å²) in [5.74, 6) is 2.25. The fourth-order valence-corrected chi connectivity index (χ4v) is 12.8. The normalized spacial score (nSPS) is 22.9. The lowest BCUT2D eigenvalue weighted by Crippen LogP contribution is -2.59. The zero-order valence-electron chi connectivity index (χ0n) is 40.2. The lowest BCUT2D eigenvalue weighted by atomic mass is 9.80. The quantitative estimate of drug-likeness (QED) is 0.156. The second kappa shape index (κ2) is 17.6. The molecule has 4 heterocycles. The first-order valence-electron chi connectivity index (χ1n) is 26.0. The van der Waals surface area contributed by atoms with E-state index in [1.807, 2.05) is 0 Å². The van der Waals surface area contributed by atoms with Gasteiger partial charge in [0.05, 0.1) is 58.2 Å². The molecule has 0 bridgehead atoms. The maximum atomic E-state index is 11.7. The Balaban J connectivity index is 0.989. The summed E-state index contributed by atoms with van der Waals surface area (Å²) in [6.45, 7) is 0. The summed E-state index contributed by atoms with van der Waals surface area (Å²) in [6, 6.07) is 61.2. The molecule has 6 atom stereocenters. The molecule has 0 fully saturated rings. The SMILES string of the molecule is N#CC1C=C(C2N=C(c3cccc(-c4ccccc4)c3)NC(C3C=CCCC3)N2)C(N2c3ccccc3Oc3ccccc32)CC1n1c2ccccc2c2cc3c4ccccc4n(C4=CCCCC4)c3cc21. The third-order valence-electron chi connectivity index (χ3n) is 16.1. The smallest absolute Gasteiger partial charge is 0.151 e. The van der Waals surface area contributed by atoms with Gasteiger partial charge in [0.2, 0.25) is 0 Å². The number of fused-ring (bicyclic) bond motifs is 8. The zero-order valence-corrected chi connectivity index (χ0v) is 40.2. The Bertz CT molecular complexity index is 3730. The molecule has 72 heavy (non-hydrogen) atoms. The summed E-state index contributed by atoms with van der Waals surface area (Å²) >= 11 is 0. The molecule has 8 heteroatoms. The van der Waals surface area contributed by atoms with Crippen LogP contribution in [0.1, 0.15) is 63.0 Å². The van der Waals surface area contributed by atoms with Gasteiger partial charge in [-0.2, -0.15) is 5.26 Å². The van der Waals surface area contributed by atoms with Gasteiger partial charge in [0.25, 0.3) is 0 Å². The van der Waals surface area contributed by atoms with Crippen molar-refractivity contribution >= 4 is 66.5 Å². The predicted octanol–water partition coefficient (Wildman–Crippen LogP) is 15.0. The predicted molar refractivity (Wildman–Crippen MR) is 294 cm³/mol. The first-order valence-corrected chi connectivity index (χ1v) is 26.0. The van der Waals surface area contributed by atoms with E-state index in [4.69, 9.17) is 9.73 Å². The van der Waals surface area contributed by atoms with Gasteiger partial charge in [0, 0.05) is 44.2 Å². The van der Waals surface area contributed by atoms with E-state index in [-0.39, 0.29) is 24.2 Å². The molecule has 7 aromatic carbocycles. The molecular formula is C64H55N7O. The highest BCUT2D eigenvalue weighted by molar-refractivity contribution is 6.19. The van der Waals surface area contributed by atoms with Crippen molar-refractivity contribution in [3.8, 4) is 28.7 Å². The molecule has 14 rings (SSSR count). The minimum absolute atomic E-state index is 0.0886. The minimum Gasteiger partial charge on any atom is -0.453 e. The average Bonchev–Trinajstić information content (AvgIpc) is 3.95. The van der Waals surface area contributed by atoms with Crippen LogP contribution in [0.15, 0.2) is 199 Å². The van der Waals surface area contributed by atoms with Crippen LogP contribution in [0.4, 0.5) is 11.4 Å². The van der Waals surface area contributed by atoms with E-state index in [2.05, 4.69) is 219 Å². The summed E-state index contributed by atoms with van der Waals surface area (Å²) in [7, 11) is 0. The number of benzene rings is 7. The number of aliphatic imine (C=N–C) groups is 1. The number of nitrogens with zero attached hydrogens (tertiary/aromatic N) is 5. The van der Waals surface area contributed by atoms with Crippen LogP contribution in [0.25, 0.3) is 60.4 Å². The van der Waals surface area contributed by atoms with E-state index in [9.17, 15) is 5.26 Å². The molecule has 2 aromatic heterocycles. The van der Waals surface area contributed by atoms with Crippen molar-refractivity contribution in [1.29, 1.82) is 5.26 Å². The highest BCUT2D eigenvalue weighted by Gasteiger charge is 2.44. The Labute approximate surface area is 419 Å². The maximum absolute atomic E-state index is 11.7. The Kier molecular flexibility index (Phi) is 10.5. The number of hydrogen-bond donors (Lipinski definition) is 2. The molecule has 0 amide bonds. The second-order valence-electron chi connectivity index (χ2n) is 20.3. The van der Waals surface area contributed by atoms with Gasteiger partial charge in [-0.05, 0) is 123 Å². The van der Waals surface area contributed by atoms with E-state index in [1.165, 1.54) is 51.1 Å². The van der Waals surface area contributed by atoms with E-state index in [1.54, 1.807) is 0 Å². The third-order valence-corrected chi connectivity index (χ3v) is 16.1. The van der Waals surface area contributed by atoms with Gasteiger partial charge < -0.3 is 24.1 Å². The summed E-state index contributed by atoms with van der Waals surface area (Å²) in [5.41, 5.74) is 12.5. The van der Waals surface area contributed by atoms with Gasteiger partial charge in [0.1, 0.15) is 12.0 Å². The minimum atomic E-state index is -0.478. The first kappa shape index (κ1) is 42.7. The summed E-state index contributed by atoms with van der Waals surface area (Å²) < 4.78 is 11.8. The lowest BCUT2D eigenvalue weighted by molar-refractivity contribution is 0.302. The van der Waals surface area contributed by atoms with Gasteiger partial charge in [-0.25, -0.2) is 4.99 Å². The number of ether oxygens (including phenoxy) is 1. The van der Waals surface area contributed by atoms with Gasteiger partial charge in [-0.1, -0.05) is 133 Å². The number of anilines is 2. The second-order valence-corrected chi connectivity index (χ2v) is 20.3. The van der Waals surface area contributed by atoms with Crippen LogP contribution >= 0.6 is 0 Å². The molecule has 0 spiro atoms. The van der Waals surface area contributed by atoms with E-state index >= 15 is 0 Å². The van der Waals surface area contributed by atoms with Crippen LogP contribution in [0.3, 0.4) is 0 Å². The third kappa shape index (κ3) is 7.09. The molecule has 6 unspecified atom stereocenters. The molecule has 352 valence electrons. The van der Waals surface area contributed by atoms with Crippen LogP contribution in [0.2, 0.25) is 0 Å². The Morgan fingerprint density at radius 1 is 0.625 bits per heavy atom. The van der Waals surface area contributed by atoms with E-state index in [0.29, 0.717) is 6.42 Å². The first-order chi connectivity index (χ1) is 35.7. The monoisotopic (exact) mass is 937 g/mol. The number of allylic oxidation sites excluding steroid dienone is 4. The van der Waals surface area contributed by atoms with Gasteiger partial charge in [-0.15, -0.1) is 0 Å². The number of nitriles is 1. The Morgan fingerprint density at radius 2 is 1.33 bits per heavy atom. The topological polar surface area (TPSA) is 82.5 Å². The number of nitrogens with one attached hydrogen (secondary N) is 2. The highest BCUT2D eigenvalue weighted by Crippen LogP contribution is 2.52. The fraction of sp³-hybridized carbons (Fsp3) is 0.219. The molecule has 0 radical (unpaired) electrons. The van der Waals surface area contributed by atoms with Crippen LogP contribution < -0.4 is 20.3 Å². The number of aromatic nitrogens is 2. The Hall–Kier alpha value is -8.12. The van der Waals surface area contributed by atoms with Gasteiger partial charge >= 0.3 is 0 Å². The van der Waals surface area contributed by atoms with Gasteiger partial charge in [0.15, 0.2) is 11.5 Å². The fourth-order valence-electron chi connectivity index (χ4n) is 12.8. The molecule has 5 aliphatic rings. The largest absolute Gasteiger partial charge is 0.453 e. The standard InChI is InChI=1S/C64H55N7O/c65-40-45-36-51(64-67-62(42-21-6-2-7-22-42)66-63(68-64)44-24-18-23-43(35-44)41-19-4-1-5-20-41)59(71-54-31-14-16-33-60(54)72-61-34-17-15-32-55(61)71)38-56(45)70-53-30-13-11-28-48(53)50-37-49-47-27-10-12-29-52(47)69(57(49)39-58(50)70)46-25-8-3-9-26-46/h1,4-6,10-21,23-25,27-37,39,42,45,56,59,62,64,67H,2-3,7-9,22,26,38H2,(H,66,68). The van der Waals surface area contributed by atoms with Crippen molar-refractivity contribution in [3.05, 3.63) is 199 Å². The van der Waals surface area contributed by atoms with Crippen LogP contribution in [0, 0.1) is 23.2 Å². The highest BCUT2D eigenvalue weighted by atomic mass is 16.5. The van der Waals surface area contributed by atoms with Gasteiger partial charge in [-0.3, -0.25) is 5.32 Å². The Morgan fingerprint density at radius 3 is 2.10 bits per heavy atom. The number of rotatable bonds is 7. The number of para-hydroxylation sites is 6. The molecule has 0 saturated heterocycles. The van der Waals surface area contributed by atoms with Crippen molar-refractivity contribution < 1.29 is 4.74 Å². The molecule has 8 nitrogen and oxygen atoms in total. The average molecular weight is 938 g/mol. The van der Waals surface area contributed by atoms with Crippen LogP contribution in [0.5, 0.6) is 11.5 Å². The van der Waals surface area contributed by atoms with Crippen LogP contribution in [-0.2, 0) is 0 Å². The van der Waals surface area contributed by atoms with Crippen molar-refractivity contribution in [2.75, 3.05) is 4.90 Å². The van der Waals surface area contributed by atoms with Crippen LogP contribution in [-0.4, -0.2) is 33.3 Å². The summed E-state index contributed by atoms with van der Waals surface area (Å²) in [6.07, 6.45) is 17.4. The van der Waals surface area contributed by atoms with Crippen molar-refractivity contribution in [2.24, 2.45) is 16.8 Å². The molecule has 9 aromatic rings. The number of hydrogen-bond acceptors (Lipinski definition) is 6. The van der Waals surface area contributed by atoms with E-state index in [0.717, 1.165) is 94.1 Å². The molecule has 3 aliphatic carbocycles. The lowest BCUT2D eigenvalue weighted by Gasteiger charge is -2.46. The van der Waals surface area contributed by atoms with Crippen molar-refractivity contribution in [1.82, 2.24) is 19.8 Å².